The van der Waals surface area contributed by atoms with Gasteiger partial charge < -0.3 is 15.4 Å². The van der Waals surface area contributed by atoms with Crippen LogP contribution in [0.4, 0.5) is 4.79 Å². The molecule has 23 heavy (non-hydrogen) atoms. The first-order valence-corrected chi connectivity index (χ1v) is 8.84. The van der Waals surface area contributed by atoms with Gasteiger partial charge in [-0.25, -0.2) is 4.79 Å². The summed E-state index contributed by atoms with van der Waals surface area (Å²) in [5.74, 6) is 3.35. The molecule has 4 heteroatoms. The molecule has 4 aliphatic carbocycles. The molecule has 124 valence electrons. The number of urea groups is 1. The van der Waals surface area contributed by atoms with Gasteiger partial charge in [0.1, 0.15) is 5.75 Å². The Morgan fingerprint density at radius 1 is 1.13 bits per heavy atom. The minimum Gasteiger partial charge on any atom is -0.496 e. The van der Waals surface area contributed by atoms with Gasteiger partial charge >= 0.3 is 6.03 Å². The Balaban J connectivity index is 1.37. The van der Waals surface area contributed by atoms with Crippen LogP contribution in [0.5, 0.6) is 5.75 Å². The van der Waals surface area contributed by atoms with Gasteiger partial charge in [0, 0.05) is 17.6 Å². The highest BCUT2D eigenvalue weighted by Gasteiger charge is 2.51. The summed E-state index contributed by atoms with van der Waals surface area (Å²) in [4.78, 5) is 12.4. The third kappa shape index (κ3) is 2.91. The fourth-order valence-electron chi connectivity index (χ4n) is 5.57. The Bertz CT molecular complexity index is 564. The summed E-state index contributed by atoms with van der Waals surface area (Å²) in [6.07, 6.45) is 7.72. The van der Waals surface area contributed by atoms with E-state index in [2.05, 4.69) is 10.6 Å². The lowest BCUT2D eigenvalue weighted by molar-refractivity contribution is -0.0135. The molecule has 0 radical (unpaired) electrons. The van der Waals surface area contributed by atoms with Crippen molar-refractivity contribution in [2.75, 3.05) is 7.11 Å². The zero-order chi connectivity index (χ0) is 15.9. The number of amides is 2. The van der Waals surface area contributed by atoms with Crippen molar-refractivity contribution < 1.29 is 9.53 Å². The number of rotatable bonds is 4. The zero-order valence-corrected chi connectivity index (χ0v) is 13.8. The summed E-state index contributed by atoms with van der Waals surface area (Å²) >= 11 is 0. The fraction of sp³-hybridized carbons (Fsp3) is 0.632. The van der Waals surface area contributed by atoms with Crippen LogP contribution in [0.2, 0.25) is 0 Å². The van der Waals surface area contributed by atoms with Crippen LogP contribution in [0, 0.1) is 17.8 Å². The molecule has 1 aromatic carbocycles. The number of carbonyl (C=O) groups is 1. The second kappa shape index (κ2) is 5.73. The third-order valence-corrected chi connectivity index (χ3v) is 6.05. The van der Waals surface area contributed by atoms with Crippen molar-refractivity contribution >= 4 is 6.03 Å². The van der Waals surface area contributed by atoms with E-state index < -0.39 is 0 Å². The van der Waals surface area contributed by atoms with E-state index in [0.717, 1.165) is 29.1 Å². The van der Waals surface area contributed by atoms with Gasteiger partial charge in [-0.3, -0.25) is 0 Å². The quantitative estimate of drug-likeness (QED) is 0.894. The van der Waals surface area contributed by atoms with Crippen molar-refractivity contribution in [3.63, 3.8) is 0 Å². The summed E-state index contributed by atoms with van der Waals surface area (Å²) < 4.78 is 5.34. The van der Waals surface area contributed by atoms with E-state index in [4.69, 9.17) is 4.74 Å². The molecule has 2 N–H and O–H groups in total. The number of para-hydroxylation sites is 1. The molecule has 4 saturated carbocycles. The van der Waals surface area contributed by atoms with E-state index in [1.165, 1.54) is 38.5 Å². The van der Waals surface area contributed by atoms with E-state index in [9.17, 15) is 4.79 Å². The molecule has 0 spiro atoms. The smallest absolute Gasteiger partial charge is 0.315 e. The molecule has 0 unspecified atom stereocenters. The number of carbonyl (C=O) groups excluding carboxylic acids is 1. The van der Waals surface area contributed by atoms with Crippen molar-refractivity contribution in [1.82, 2.24) is 10.6 Å². The molecular weight excluding hydrogens is 288 g/mol. The SMILES string of the molecule is COc1ccccc1CNC(=O)NC12CC3CC(CC(C3)C1)C2. The van der Waals surface area contributed by atoms with Gasteiger partial charge in [0.15, 0.2) is 0 Å². The maximum Gasteiger partial charge on any atom is 0.315 e. The molecule has 0 heterocycles. The summed E-state index contributed by atoms with van der Waals surface area (Å²) in [5, 5.41) is 6.36. The predicted octanol–water partition coefficient (Wildman–Crippen LogP) is 3.46. The van der Waals surface area contributed by atoms with Crippen molar-refractivity contribution in [2.24, 2.45) is 17.8 Å². The van der Waals surface area contributed by atoms with E-state index in [1.807, 2.05) is 24.3 Å². The lowest BCUT2D eigenvalue weighted by Gasteiger charge is -2.56. The van der Waals surface area contributed by atoms with Gasteiger partial charge in [-0.15, -0.1) is 0 Å². The number of ether oxygens (including phenoxy) is 1. The average molecular weight is 314 g/mol. The normalized spacial score (nSPS) is 34.2. The minimum atomic E-state index is -0.0298. The number of methoxy groups -OCH3 is 1. The first-order valence-electron chi connectivity index (χ1n) is 8.84. The van der Waals surface area contributed by atoms with Crippen LogP contribution in [-0.4, -0.2) is 18.7 Å². The molecule has 4 fully saturated rings. The van der Waals surface area contributed by atoms with E-state index in [0.29, 0.717) is 6.54 Å². The van der Waals surface area contributed by atoms with Gasteiger partial charge in [-0.1, -0.05) is 18.2 Å². The van der Waals surface area contributed by atoms with Gasteiger partial charge in [0.25, 0.3) is 0 Å². The average Bonchev–Trinajstić information content (AvgIpc) is 2.51. The van der Waals surface area contributed by atoms with Crippen LogP contribution in [0.25, 0.3) is 0 Å². The summed E-state index contributed by atoms with van der Waals surface area (Å²) in [7, 11) is 1.66. The fourth-order valence-corrected chi connectivity index (χ4v) is 5.57. The topological polar surface area (TPSA) is 50.4 Å². The first-order chi connectivity index (χ1) is 11.2. The largest absolute Gasteiger partial charge is 0.496 e. The van der Waals surface area contributed by atoms with Crippen LogP contribution < -0.4 is 15.4 Å². The summed E-state index contributed by atoms with van der Waals surface area (Å²) in [5.41, 5.74) is 1.08. The third-order valence-electron chi connectivity index (χ3n) is 6.05. The summed E-state index contributed by atoms with van der Waals surface area (Å²) in [6, 6.07) is 7.80. The lowest BCUT2D eigenvalue weighted by Crippen LogP contribution is -2.61. The molecule has 4 bridgehead atoms. The number of hydrogen-bond acceptors (Lipinski definition) is 2. The molecule has 4 aliphatic rings. The monoisotopic (exact) mass is 314 g/mol. The highest BCUT2D eigenvalue weighted by Crippen LogP contribution is 2.55. The molecule has 0 atom stereocenters. The molecule has 0 aliphatic heterocycles. The minimum absolute atomic E-state index is 0.0298. The van der Waals surface area contributed by atoms with Crippen LogP contribution >= 0.6 is 0 Å². The van der Waals surface area contributed by atoms with Crippen LogP contribution in [0.15, 0.2) is 24.3 Å². The second-order valence-electron chi connectivity index (χ2n) is 7.82. The van der Waals surface area contributed by atoms with Gasteiger partial charge in [-0.2, -0.15) is 0 Å². The maximum atomic E-state index is 12.4. The maximum absolute atomic E-state index is 12.4. The van der Waals surface area contributed by atoms with Crippen molar-refractivity contribution in [1.29, 1.82) is 0 Å². The van der Waals surface area contributed by atoms with Crippen LogP contribution in [0.3, 0.4) is 0 Å². The van der Waals surface area contributed by atoms with E-state index in [-0.39, 0.29) is 11.6 Å². The molecule has 0 saturated heterocycles. The van der Waals surface area contributed by atoms with Gasteiger partial charge in [-0.05, 0) is 62.3 Å². The standard InChI is InChI=1S/C19H26N2O2/c1-23-17-5-3-2-4-16(17)12-20-18(22)21-19-9-13-6-14(10-19)8-15(7-13)11-19/h2-5,13-15H,6-12H2,1H3,(H2,20,21,22). The molecule has 5 rings (SSSR count). The highest BCUT2D eigenvalue weighted by atomic mass is 16.5. The predicted molar refractivity (Wildman–Crippen MR) is 89.3 cm³/mol. The Hall–Kier alpha value is -1.71. The molecule has 0 aromatic heterocycles. The van der Waals surface area contributed by atoms with Gasteiger partial charge in [0.05, 0.1) is 7.11 Å². The van der Waals surface area contributed by atoms with Crippen LogP contribution in [0.1, 0.15) is 44.1 Å². The molecule has 2 amide bonds. The zero-order valence-electron chi connectivity index (χ0n) is 13.8. The Kier molecular flexibility index (Phi) is 3.70. The van der Waals surface area contributed by atoms with Crippen LogP contribution in [-0.2, 0) is 6.54 Å². The van der Waals surface area contributed by atoms with E-state index >= 15 is 0 Å². The lowest BCUT2D eigenvalue weighted by atomic mass is 9.53. The van der Waals surface area contributed by atoms with Crippen molar-refractivity contribution in [3.8, 4) is 5.75 Å². The molecular formula is C19H26N2O2. The highest BCUT2D eigenvalue weighted by molar-refractivity contribution is 5.75. The van der Waals surface area contributed by atoms with Crippen molar-refractivity contribution in [2.45, 2.75) is 50.6 Å². The number of benzene rings is 1. The van der Waals surface area contributed by atoms with Gasteiger partial charge in [0.2, 0.25) is 0 Å². The Morgan fingerprint density at radius 3 is 2.35 bits per heavy atom. The molecule has 4 nitrogen and oxygen atoms in total. The number of nitrogens with one attached hydrogen (secondary N) is 2. The second-order valence-corrected chi connectivity index (χ2v) is 7.82. The first kappa shape index (κ1) is 14.9. The summed E-state index contributed by atoms with van der Waals surface area (Å²) in [6.45, 7) is 0.502. The van der Waals surface area contributed by atoms with E-state index in [1.54, 1.807) is 7.11 Å². The number of hydrogen-bond donors (Lipinski definition) is 2. The Morgan fingerprint density at radius 2 is 1.74 bits per heavy atom. The Labute approximate surface area is 138 Å². The van der Waals surface area contributed by atoms with Crippen molar-refractivity contribution in [3.05, 3.63) is 29.8 Å². The molecule has 1 aromatic rings.